The number of carboxylic acids is 1. The van der Waals surface area contributed by atoms with Gasteiger partial charge in [0.1, 0.15) is 5.82 Å². The fourth-order valence-electron chi connectivity index (χ4n) is 2.15. The number of amides is 1. The first-order chi connectivity index (χ1) is 9.23. The predicted molar refractivity (Wildman–Crippen MR) is 77.0 cm³/mol. The SMILES string of the molecule is Cc1cc(C)c(C(N)=O)c(N(CCC(=O)O)C(C)C)n1. The van der Waals surface area contributed by atoms with Crippen LogP contribution in [0.1, 0.15) is 41.9 Å². The Hall–Kier alpha value is -2.11. The van der Waals surface area contributed by atoms with E-state index in [0.717, 1.165) is 11.3 Å². The van der Waals surface area contributed by atoms with E-state index in [1.165, 1.54) is 0 Å². The molecule has 0 fully saturated rings. The molecule has 110 valence electrons. The Morgan fingerprint density at radius 1 is 1.40 bits per heavy atom. The second-order valence-electron chi connectivity index (χ2n) is 5.07. The van der Waals surface area contributed by atoms with Gasteiger partial charge in [0.05, 0.1) is 12.0 Å². The maximum atomic E-state index is 11.7. The lowest BCUT2D eigenvalue weighted by Crippen LogP contribution is -2.36. The van der Waals surface area contributed by atoms with Gasteiger partial charge in [-0.05, 0) is 39.3 Å². The molecular formula is C14H21N3O3. The number of hydrogen-bond acceptors (Lipinski definition) is 4. The van der Waals surface area contributed by atoms with Crippen molar-refractivity contribution in [2.75, 3.05) is 11.4 Å². The van der Waals surface area contributed by atoms with Crippen LogP contribution in [0.5, 0.6) is 0 Å². The minimum atomic E-state index is -0.888. The zero-order valence-corrected chi connectivity index (χ0v) is 12.3. The molecule has 0 aliphatic rings. The standard InChI is InChI=1S/C14H21N3O3/c1-8(2)17(6-5-11(18)19)14-12(13(15)20)9(3)7-10(4)16-14/h7-8H,5-6H2,1-4H3,(H2,15,20)(H,18,19). The number of nitrogens with zero attached hydrogens (tertiary/aromatic N) is 2. The van der Waals surface area contributed by atoms with Gasteiger partial charge in [-0.1, -0.05) is 0 Å². The van der Waals surface area contributed by atoms with Gasteiger partial charge in [0, 0.05) is 18.3 Å². The zero-order valence-electron chi connectivity index (χ0n) is 12.3. The summed E-state index contributed by atoms with van der Waals surface area (Å²) in [5, 5.41) is 8.84. The highest BCUT2D eigenvalue weighted by atomic mass is 16.4. The molecule has 1 aromatic heterocycles. The highest BCUT2D eigenvalue weighted by molar-refractivity contribution is 5.99. The number of nitrogens with two attached hydrogens (primary N) is 1. The lowest BCUT2D eigenvalue weighted by Gasteiger charge is -2.29. The Bertz CT molecular complexity index is 527. The van der Waals surface area contributed by atoms with Crippen molar-refractivity contribution >= 4 is 17.7 Å². The summed E-state index contributed by atoms with van der Waals surface area (Å²) in [4.78, 5) is 28.6. The summed E-state index contributed by atoms with van der Waals surface area (Å²) in [5.74, 6) is -0.974. The molecule has 1 rings (SSSR count). The van der Waals surface area contributed by atoms with Crippen molar-refractivity contribution in [2.24, 2.45) is 5.73 Å². The van der Waals surface area contributed by atoms with E-state index >= 15 is 0 Å². The van der Waals surface area contributed by atoms with E-state index in [0.29, 0.717) is 11.4 Å². The number of carbonyl (C=O) groups is 2. The molecule has 1 heterocycles. The van der Waals surface area contributed by atoms with Crippen molar-refractivity contribution in [1.82, 2.24) is 4.98 Å². The second kappa shape index (κ2) is 6.36. The van der Waals surface area contributed by atoms with Crippen LogP contribution >= 0.6 is 0 Å². The van der Waals surface area contributed by atoms with Crippen molar-refractivity contribution in [1.29, 1.82) is 0 Å². The fourth-order valence-corrected chi connectivity index (χ4v) is 2.15. The van der Waals surface area contributed by atoms with E-state index in [9.17, 15) is 9.59 Å². The first kappa shape index (κ1) is 15.9. The first-order valence-corrected chi connectivity index (χ1v) is 6.50. The van der Waals surface area contributed by atoms with E-state index in [2.05, 4.69) is 4.98 Å². The van der Waals surface area contributed by atoms with Gasteiger partial charge in [-0.15, -0.1) is 0 Å². The van der Waals surface area contributed by atoms with Crippen LogP contribution in [0.15, 0.2) is 6.07 Å². The van der Waals surface area contributed by atoms with Crippen LogP contribution in [0.4, 0.5) is 5.82 Å². The molecule has 6 heteroatoms. The largest absolute Gasteiger partial charge is 0.481 e. The molecule has 0 aliphatic carbocycles. The van der Waals surface area contributed by atoms with Gasteiger partial charge < -0.3 is 15.7 Å². The van der Waals surface area contributed by atoms with Crippen LogP contribution in [-0.2, 0) is 4.79 Å². The number of aromatic nitrogens is 1. The van der Waals surface area contributed by atoms with Crippen LogP contribution in [0.2, 0.25) is 0 Å². The monoisotopic (exact) mass is 279 g/mol. The summed E-state index contributed by atoms with van der Waals surface area (Å²) in [5.41, 5.74) is 7.31. The molecule has 0 aliphatic heterocycles. The third-order valence-corrected chi connectivity index (χ3v) is 3.03. The van der Waals surface area contributed by atoms with Crippen molar-refractivity contribution in [2.45, 2.75) is 40.2 Å². The van der Waals surface area contributed by atoms with E-state index in [4.69, 9.17) is 10.8 Å². The van der Waals surface area contributed by atoms with Crippen molar-refractivity contribution in [3.63, 3.8) is 0 Å². The number of primary amides is 1. The third kappa shape index (κ3) is 3.69. The molecular weight excluding hydrogens is 258 g/mol. The van der Waals surface area contributed by atoms with Gasteiger partial charge in [-0.25, -0.2) is 4.98 Å². The Morgan fingerprint density at radius 3 is 2.45 bits per heavy atom. The normalized spacial score (nSPS) is 10.7. The molecule has 0 aromatic carbocycles. The van der Waals surface area contributed by atoms with E-state index in [-0.39, 0.29) is 19.0 Å². The fraction of sp³-hybridized carbons (Fsp3) is 0.500. The van der Waals surface area contributed by atoms with Crippen molar-refractivity contribution in [3.8, 4) is 0 Å². The number of rotatable bonds is 6. The van der Waals surface area contributed by atoms with Gasteiger partial charge in [0.15, 0.2) is 0 Å². The van der Waals surface area contributed by atoms with Crippen LogP contribution in [-0.4, -0.2) is 34.6 Å². The average molecular weight is 279 g/mol. The highest BCUT2D eigenvalue weighted by Gasteiger charge is 2.22. The molecule has 3 N–H and O–H groups in total. The lowest BCUT2D eigenvalue weighted by molar-refractivity contribution is -0.136. The summed E-state index contributed by atoms with van der Waals surface area (Å²) in [7, 11) is 0. The third-order valence-electron chi connectivity index (χ3n) is 3.03. The van der Waals surface area contributed by atoms with Gasteiger partial charge in [-0.3, -0.25) is 9.59 Å². The van der Waals surface area contributed by atoms with Gasteiger partial charge in [0.25, 0.3) is 5.91 Å². The summed E-state index contributed by atoms with van der Waals surface area (Å²) in [6.07, 6.45) is -0.0228. The first-order valence-electron chi connectivity index (χ1n) is 6.50. The van der Waals surface area contributed by atoms with Gasteiger partial charge in [-0.2, -0.15) is 0 Å². The summed E-state index contributed by atoms with van der Waals surface area (Å²) in [6, 6.07) is 1.81. The number of pyridine rings is 1. The van der Waals surface area contributed by atoms with E-state index < -0.39 is 11.9 Å². The zero-order chi connectivity index (χ0) is 15.4. The Labute approximate surface area is 118 Å². The molecule has 0 atom stereocenters. The summed E-state index contributed by atoms with van der Waals surface area (Å²) >= 11 is 0. The van der Waals surface area contributed by atoms with E-state index in [1.54, 1.807) is 17.9 Å². The molecule has 1 aromatic rings. The number of anilines is 1. The summed E-state index contributed by atoms with van der Waals surface area (Å²) < 4.78 is 0. The Balaban J connectivity index is 3.31. The molecule has 0 saturated carbocycles. The second-order valence-corrected chi connectivity index (χ2v) is 5.07. The number of aliphatic carboxylic acids is 1. The maximum absolute atomic E-state index is 11.7. The minimum absolute atomic E-state index is 0.0150. The van der Waals surface area contributed by atoms with Gasteiger partial charge in [0.2, 0.25) is 0 Å². The number of aryl methyl sites for hydroxylation is 2. The van der Waals surface area contributed by atoms with E-state index in [1.807, 2.05) is 20.8 Å². The minimum Gasteiger partial charge on any atom is -0.481 e. The lowest BCUT2D eigenvalue weighted by atomic mass is 10.1. The van der Waals surface area contributed by atoms with Crippen LogP contribution in [0.25, 0.3) is 0 Å². The molecule has 0 saturated heterocycles. The Kier molecular flexibility index (Phi) is 5.07. The molecule has 0 spiro atoms. The predicted octanol–water partition coefficient (Wildman–Crippen LogP) is 1.49. The number of carboxylic acid groups (broad SMARTS) is 1. The molecule has 0 bridgehead atoms. The van der Waals surface area contributed by atoms with Gasteiger partial charge >= 0.3 is 5.97 Å². The van der Waals surface area contributed by atoms with Crippen molar-refractivity contribution < 1.29 is 14.7 Å². The molecule has 0 unspecified atom stereocenters. The summed E-state index contributed by atoms with van der Waals surface area (Å²) in [6.45, 7) is 7.76. The van der Waals surface area contributed by atoms with Crippen LogP contribution < -0.4 is 10.6 Å². The molecule has 6 nitrogen and oxygen atoms in total. The number of carbonyl (C=O) groups excluding carboxylic acids is 1. The van der Waals surface area contributed by atoms with Crippen molar-refractivity contribution in [3.05, 3.63) is 22.9 Å². The number of hydrogen-bond donors (Lipinski definition) is 2. The quantitative estimate of drug-likeness (QED) is 0.822. The topological polar surface area (TPSA) is 96.5 Å². The van der Waals surface area contributed by atoms with Crippen LogP contribution in [0, 0.1) is 13.8 Å². The average Bonchev–Trinajstić information content (AvgIpc) is 2.26. The van der Waals surface area contributed by atoms with Crippen LogP contribution in [0.3, 0.4) is 0 Å². The smallest absolute Gasteiger partial charge is 0.305 e. The molecule has 0 radical (unpaired) electrons. The Morgan fingerprint density at radius 2 is 2.00 bits per heavy atom. The maximum Gasteiger partial charge on any atom is 0.305 e. The molecule has 1 amide bonds. The molecule has 20 heavy (non-hydrogen) atoms. The highest BCUT2D eigenvalue weighted by Crippen LogP contribution is 2.24.